The number of hydrogen-bond donors (Lipinski definition) is 0. The van der Waals surface area contributed by atoms with Crippen LogP contribution in [0.2, 0.25) is 0 Å². The molecular weight excluding hydrogens is 374 g/mol. The van der Waals surface area contributed by atoms with Crippen LogP contribution in [-0.2, 0) is 24.4 Å². The summed E-state index contributed by atoms with van der Waals surface area (Å²) in [4.78, 5) is 23.1. The van der Waals surface area contributed by atoms with Crippen molar-refractivity contribution in [1.82, 2.24) is 19.4 Å². The van der Waals surface area contributed by atoms with E-state index in [0.717, 1.165) is 11.6 Å². The second kappa shape index (κ2) is 9.41. The highest BCUT2D eigenvalue weighted by Gasteiger charge is 2.18. The Morgan fingerprint density at radius 2 is 1.93 bits per heavy atom. The van der Waals surface area contributed by atoms with Crippen LogP contribution in [-0.4, -0.2) is 25.3 Å². The minimum Gasteiger partial charge on any atom is -0.331 e. The molecule has 2 aromatic heterocycles. The number of benzene rings is 1. The normalized spacial score (nSPS) is 11.1. The van der Waals surface area contributed by atoms with E-state index in [9.17, 15) is 13.6 Å². The molecule has 0 aliphatic rings. The van der Waals surface area contributed by atoms with E-state index < -0.39 is 11.6 Å². The average molecular weight is 398 g/mol. The molecule has 152 valence electrons. The molecule has 0 saturated carbocycles. The molecule has 0 bridgehead atoms. The van der Waals surface area contributed by atoms with Gasteiger partial charge in [-0.2, -0.15) is 0 Å². The number of carbonyl (C=O) groups excluding carboxylic acids is 1. The van der Waals surface area contributed by atoms with Gasteiger partial charge in [-0.25, -0.2) is 13.8 Å². The topological polar surface area (TPSA) is 51.0 Å². The monoisotopic (exact) mass is 398 g/mol. The van der Waals surface area contributed by atoms with E-state index in [1.807, 2.05) is 30.5 Å². The average Bonchev–Trinajstić information content (AvgIpc) is 3.11. The molecule has 0 aliphatic carbocycles. The van der Waals surface area contributed by atoms with Crippen molar-refractivity contribution in [2.24, 2.45) is 5.92 Å². The Labute approximate surface area is 169 Å². The van der Waals surface area contributed by atoms with Crippen molar-refractivity contribution in [1.29, 1.82) is 0 Å². The van der Waals surface area contributed by atoms with Crippen molar-refractivity contribution in [2.45, 2.75) is 39.9 Å². The van der Waals surface area contributed by atoms with Crippen molar-refractivity contribution < 1.29 is 13.6 Å². The molecule has 2 heterocycles. The van der Waals surface area contributed by atoms with Crippen LogP contribution in [0, 0.1) is 17.6 Å². The zero-order valence-electron chi connectivity index (χ0n) is 16.6. The molecule has 29 heavy (non-hydrogen) atoms. The molecule has 0 atom stereocenters. The first-order valence-corrected chi connectivity index (χ1v) is 9.53. The van der Waals surface area contributed by atoms with Crippen LogP contribution in [0.15, 0.2) is 55.1 Å². The van der Waals surface area contributed by atoms with E-state index in [2.05, 4.69) is 9.97 Å². The quantitative estimate of drug-likeness (QED) is 0.572. The van der Waals surface area contributed by atoms with Crippen LogP contribution in [0.4, 0.5) is 8.78 Å². The van der Waals surface area contributed by atoms with E-state index >= 15 is 0 Å². The number of pyridine rings is 1. The van der Waals surface area contributed by atoms with Gasteiger partial charge >= 0.3 is 0 Å². The van der Waals surface area contributed by atoms with Crippen LogP contribution >= 0.6 is 0 Å². The molecule has 0 radical (unpaired) electrons. The van der Waals surface area contributed by atoms with Gasteiger partial charge in [0.15, 0.2) is 11.6 Å². The molecule has 7 heteroatoms. The van der Waals surface area contributed by atoms with E-state index in [1.165, 1.54) is 6.07 Å². The van der Waals surface area contributed by atoms with Crippen LogP contribution < -0.4 is 0 Å². The predicted octanol–water partition coefficient (Wildman–Crippen LogP) is 4.18. The second-order valence-corrected chi connectivity index (χ2v) is 7.43. The predicted molar refractivity (Wildman–Crippen MR) is 106 cm³/mol. The molecule has 1 aromatic carbocycles. The van der Waals surface area contributed by atoms with E-state index in [-0.39, 0.29) is 11.8 Å². The molecule has 0 aliphatic heterocycles. The fourth-order valence-electron chi connectivity index (χ4n) is 3.06. The van der Waals surface area contributed by atoms with Crippen molar-refractivity contribution in [3.05, 3.63) is 83.7 Å². The number of carbonyl (C=O) groups is 1. The summed E-state index contributed by atoms with van der Waals surface area (Å²) in [6, 6.07) is 7.60. The summed E-state index contributed by atoms with van der Waals surface area (Å²) in [6.07, 6.45) is 7.28. The lowest BCUT2D eigenvalue weighted by atomic mass is 10.1. The Kier molecular flexibility index (Phi) is 6.69. The maximum absolute atomic E-state index is 13.5. The summed E-state index contributed by atoms with van der Waals surface area (Å²) >= 11 is 0. The molecule has 0 spiro atoms. The third-order valence-electron chi connectivity index (χ3n) is 4.50. The lowest BCUT2D eigenvalue weighted by Crippen LogP contribution is -2.32. The van der Waals surface area contributed by atoms with Gasteiger partial charge in [0, 0.05) is 44.3 Å². The molecule has 0 unspecified atom stereocenters. The van der Waals surface area contributed by atoms with Gasteiger partial charge in [-0.15, -0.1) is 0 Å². The maximum Gasteiger partial charge on any atom is 0.223 e. The molecule has 1 amide bonds. The highest BCUT2D eigenvalue weighted by molar-refractivity contribution is 5.76. The smallest absolute Gasteiger partial charge is 0.223 e. The summed E-state index contributed by atoms with van der Waals surface area (Å²) < 4.78 is 28.6. The summed E-state index contributed by atoms with van der Waals surface area (Å²) in [6.45, 7) is 5.09. The Morgan fingerprint density at radius 3 is 2.62 bits per heavy atom. The zero-order chi connectivity index (χ0) is 20.8. The van der Waals surface area contributed by atoms with Gasteiger partial charge < -0.3 is 9.47 Å². The summed E-state index contributed by atoms with van der Waals surface area (Å²) in [5.41, 5.74) is 1.55. The Bertz CT molecular complexity index is 956. The number of aromatic nitrogens is 3. The summed E-state index contributed by atoms with van der Waals surface area (Å²) in [5.74, 6) is -0.807. The van der Waals surface area contributed by atoms with E-state index in [1.54, 1.807) is 35.8 Å². The number of hydrogen-bond acceptors (Lipinski definition) is 3. The van der Waals surface area contributed by atoms with Crippen LogP contribution in [0.1, 0.15) is 37.2 Å². The molecule has 5 nitrogen and oxygen atoms in total. The molecule has 0 saturated heterocycles. The van der Waals surface area contributed by atoms with Gasteiger partial charge in [0.25, 0.3) is 0 Å². The number of nitrogens with zero attached hydrogens (tertiary/aromatic N) is 4. The van der Waals surface area contributed by atoms with Crippen molar-refractivity contribution in [3.8, 4) is 0 Å². The molecule has 0 N–H and O–H groups in total. The van der Waals surface area contributed by atoms with E-state index in [4.69, 9.17) is 0 Å². The molecule has 3 rings (SSSR count). The first-order chi connectivity index (χ1) is 13.9. The highest BCUT2D eigenvalue weighted by atomic mass is 19.2. The van der Waals surface area contributed by atoms with E-state index in [0.29, 0.717) is 37.4 Å². The lowest BCUT2D eigenvalue weighted by Gasteiger charge is -2.24. The summed E-state index contributed by atoms with van der Waals surface area (Å²) in [5, 5.41) is 0. The van der Waals surface area contributed by atoms with Crippen molar-refractivity contribution in [3.63, 3.8) is 0 Å². The largest absolute Gasteiger partial charge is 0.331 e. The minimum absolute atomic E-state index is 0.0335. The number of halogens is 2. The minimum atomic E-state index is -0.880. The highest BCUT2D eigenvalue weighted by Crippen LogP contribution is 2.15. The van der Waals surface area contributed by atoms with Gasteiger partial charge in [-0.3, -0.25) is 9.78 Å². The number of imidazole rings is 1. The molecule has 3 aromatic rings. The first kappa shape index (κ1) is 20.6. The van der Waals surface area contributed by atoms with Gasteiger partial charge in [-0.05, 0) is 35.2 Å². The summed E-state index contributed by atoms with van der Waals surface area (Å²) in [7, 11) is 0. The third-order valence-corrected chi connectivity index (χ3v) is 4.50. The molecular formula is C22H24F2N4O. The fourth-order valence-corrected chi connectivity index (χ4v) is 3.06. The number of rotatable bonds is 8. The van der Waals surface area contributed by atoms with Crippen LogP contribution in [0.5, 0.6) is 0 Å². The SMILES string of the molecule is CC(C)CC(=O)N(Cc1cccnc1)Cc1nccn1Cc1ccc(F)c(F)c1. The standard InChI is InChI=1S/C22H24F2N4O/c1-16(2)10-22(29)28(14-18-4-3-7-25-12-18)15-21-26-8-9-27(21)13-17-5-6-19(23)20(24)11-17/h3-9,11-12,16H,10,13-15H2,1-2H3. The Balaban J connectivity index is 1.79. The fraction of sp³-hybridized carbons (Fsp3) is 0.318. The van der Waals surface area contributed by atoms with Gasteiger partial charge in [0.1, 0.15) is 5.82 Å². The Morgan fingerprint density at radius 1 is 1.10 bits per heavy atom. The first-order valence-electron chi connectivity index (χ1n) is 9.53. The zero-order valence-corrected chi connectivity index (χ0v) is 16.6. The second-order valence-electron chi connectivity index (χ2n) is 7.43. The van der Waals surface area contributed by atoms with Crippen LogP contribution in [0.25, 0.3) is 0 Å². The maximum atomic E-state index is 13.5. The van der Waals surface area contributed by atoms with Gasteiger partial charge in [-0.1, -0.05) is 26.0 Å². The third kappa shape index (κ3) is 5.70. The van der Waals surface area contributed by atoms with Crippen LogP contribution in [0.3, 0.4) is 0 Å². The number of amides is 1. The van der Waals surface area contributed by atoms with Gasteiger partial charge in [0.05, 0.1) is 6.54 Å². The van der Waals surface area contributed by atoms with Crippen molar-refractivity contribution in [2.75, 3.05) is 0 Å². The van der Waals surface area contributed by atoms with Crippen molar-refractivity contribution >= 4 is 5.91 Å². The van der Waals surface area contributed by atoms with Gasteiger partial charge in [0.2, 0.25) is 5.91 Å². The Hall–Kier alpha value is -3.09. The molecule has 0 fully saturated rings. The lowest BCUT2D eigenvalue weighted by molar-refractivity contribution is -0.133.